The van der Waals surface area contributed by atoms with Crippen molar-refractivity contribution in [2.75, 3.05) is 13.2 Å². The van der Waals surface area contributed by atoms with Gasteiger partial charge >= 0.3 is 0 Å². The number of ether oxygens (including phenoxy) is 1. The van der Waals surface area contributed by atoms with Gasteiger partial charge in [-0.3, -0.25) is 0 Å². The lowest BCUT2D eigenvalue weighted by Crippen LogP contribution is -2.41. The molecular formula is C22H29IN2O2Si. The summed E-state index contributed by atoms with van der Waals surface area (Å²) >= 11 is 2.31. The SMILES string of the molecule is CC(C)(C)[Si](C)(C)OCCCOc1ccc(-c2cn3cc(I)ccc3n2)cc1. The minimum atomic E-state index is -1.66. The molecule has 0 spiro atoms. The van der Waals surface area contributed by atoms with E-state index in [4.69, 9.17) is 9.16 Å². The molecule has 2 aromatic heterocycles. The Balaban J connectivity index is 1.52. The van der Waals surface area contributed by atoms with Crippen molar-refractivity contribution in [3.05, 3.63) is 52.4 Å². The van der Waals surface area contributed by atoms with E-state index >= 15 is 0 Å². The molecule has 0 unspecified atom stereocenters. The third-order valence-corrected chi connectivity index (χ3v) is 10.6. The van der Waals surface area contributed by atoms with Crippen LogP contribution >= 0.6 is 22.6 Å². The highest BCUT2D eigenvalue weighted by Gasteiger charge is 2.36. The largest absolute Gasteiger partial charge is 0.494 e. The molecule has 6 heteroatoms. The number of hydrogen-bond acceptors (Lipinski definition) is 3. The van der Waals surface area contributed by atoms with Crippen molar-refractivity contribution in [1.29, 1.82) is 0 Å². The maximum absolute atomic E-state index is 6.19. The lowest BCUT2D eigenvalue weighted by atomic mass is 10.2. The molecule has 0 N–H and O–H groups in total. The van der Waals surface area contributed by atoms with Gasteiger partial charge in [0.25, 0.3) is 0 Å². The van der Waals surface area contributed by atoms with Crippen LogP contribution in [-0.2, 0) is 4.43 Å². The van der Waals surface area contributed by atoms with E-state index in [1.54, 1.807) is 0 Å². The van der Waals surface area contributed by atoms with E-state index in [2.05, 4.69) is 96.4 Å². The fraction of sp³-hybridized carbons (Fsp3) is 0.409. The van der Waals surface area contributed by atoms with Gasteiger partial charge in [0, 0.05) is 34.6 Å². The van der Waals surface area contributed by atoms with Crippen LogP contribution in [0, 0.1) is 3.57 Å². The average Bonchev–Trinajstić information content (AvgIpc) is 3.04. The minimum absolute atomic E-state index is 0.250. The Kier molecular flexibility index (Phi) is 6.51. The number of benzene rings is 1. The fourth-order valence-corrected chi connectivity index (χ4v) is 4.19. The van der Waals surface area contributed by atoms with Gasteiger partial charge in [0.2, 0.25) is 0 Å². The van der Waals surface area contributed by atoms with E-state index in [-0.39, 0.29) is 5.04 Å². The topological polar surface area (TPSA) is 35.8 Å². The summed E-state index contributed by atoms with van der Waals surface area (Å²) in [6.45, 7) is 12.8. The van der Waals surface area contributed by atoms with Crippen molar-refractivity contribution >= 4 is 36.6 Å². The number of hydrogen-bond donors (Lipinski definition) is 0. The van der Waals surface area contributed by atoms with Crippen LogP contribution in [0.4, 0.5) is 0 Å². The van der Waals surface area contributed by atoms with Gasteiger partial charge in [-0.25, -0.2) is 4.98 Å². The molecule has 0 radical (unpaired) electrons. The summed E-state index contributed by atoms with van der Waals surface area (Å²) in [6, 6.07) is 12.3. The monoisotopic (exact) mass is 508 g/mol. The summed E-state index contributed by atoms with van der Waals surface area (Å²) in [7, 11) is -1.66. The molecule has 0 saturated heterocycles. The molecule has 0 amide bonds. The molecule has 0 bridgehead atoms. The van der Waals surface area contributed by atoms with E-state index in [1.807, 2.05) is 18.2 Å². The number of nitrogens with zero attached hydrogens (tertiary/aromatic N) is 2. The molecule has 0 aliphatic carbocycles. The normalized spacial score (nSPS) is 12.5. The Labute approximate surface area is 182 Å². The summed E-state index contributed by atoms with van der Waals surface area (Å²) in [6.07, 6.45) is 5.04. The second-order valence-corrected chi connectivity index (χ2v) is 14.6. The third-order valence-electron chi connectivity index (χ3n) is 5.39. The first-order chi connectivity index (χ1) is 13.2. The predicted molar refractivity (Wildman–Crippen MR) is 127 cm³/mol. The highest BCUT2D eigenvalue weighted by molar-refractivity contribution is 14.1. The molecule has 2 heterocycles. The van der Waals surface area contributed by atoms with Crippen molar-refractivity contribution in [3.8, 4) is 17.0 Å². The van der Waals surface area contributed by atoms with Crippen molar-refractivity contribution in [2.45, 2.75) is 45.3 Å². The zero-order valence-electron chi connectivity index (χ0n) is 17.3. The van der Waals surface area contributed by atoms with Crippen LogP contribution < -0.4 is 4.74 Å². The lowest BCUT2D eigenvalue weighted by molar-refractivity contribution is 0.234. The summed E-state index contributed by atoms with van der Waals surface area (Å²) in [5.41, 5.74) is 3.01. The molecule has 28 heavy (non-hydrogen) atoms. The van der Waals surface area contributed by atoms with Crippen molar-refractivity contribution in [1.82, 2.24) is 9.38 Å². The summed E-state index contributed by atoms with van der Waals surface area (Å²) in [5, 5.41) is 0.250. The average molecular weight is 508 g/mol. The summed E-state index contributed by atoms with van der Waals surface area (Å²) in [5.74, 6) is 0.884. The first-order valence-corrected chi connectivity index (χ1v) is 13.7. The van der Waals surface area contributed by atoms with Gasteiger partial charge in [-0.2, -0.15) is 0 Å². The Morgan fingerprint density at radius 3 is 2.39 bits per heavy atom. The van der Waals surface area contributed by atoms with Crippen LogP contribution in [0.25, 0.3) is 16.9 Å². The Morgan fingerprint density at radius 1 is 1.00 bits per heavy atom. The number of aromatic nitrogens is 2. The van der Waals surface area contributed by atoms with Gasteiger partial charge in [0.05, 0.1) is 12.3 Å². The molecule has 150 valence electrons. The number of rotatable bonds is 7. The summed E-state index contributed by atoms with van der Waals surface area (Å²) in [4.78, 5) is 4.69. The highest BCUT2D eigenvalue weighted by atomic mass is 127. The maximum atomic E-state index is 6.19. The van der Waals surface area contributed by atoms with Crippen molar-refractivity contribution in [2.24, 2.45) is 0 Å². The number of fused-ring (bicyclic) bond motifs is 1. The van der Waals surface area contributed by atoms with E-state index in [0.29, 0.717) is 6.61 Å². The van der Waals surface area contributed by atoms with E-state index < -0.39 is 8.32 Å². The Bertz CT molecular complexity index is 930. The fourth-order valence-electron chi connectivity index (χ4n) is 2.62. The van der Waals surface area contributed by atoms with Gasteiger partial charge in [-0.15, -0.1) is 0 Å². The smallest absolute Gasteiger partial charge is 0.191 e. The standard InChI is InChI=1S/C22H29IN2O2Si/c1-22(2,3)28(4,5)27-14-6-13-26-19-10-7-17(8-11-19)20-16-25-15-18(23)9-12-21(25)24-20/h7-12,15-16H,6,13-14H2,1-5H3. The molecule has 0 aliphatic rings. The van der Waals surface area contributed by atoms with E-state index in [1.165, 1.54) is 3.57 Å². The van der Waals surface area contributed by atoms with Crippen LogP contribution in [0.3, 0.4) is 0 Å². The second kappa shape index (κ2) is 8.55. The quantitative estimate of drug-likeness (QED) is 0.211. The van der Waals surface area contributed by atoms with Gasteiger partial charge in [0.15, 0.2) is 8.32 Å². The molecule has 3 rings (SSSR count). The van der Waals surface area contributed by atoms with Crippen LogP contribution in [0.5, 0.6) is 5.75 Å². The molecule has 0 saturated carbocycles. The van der Waals surface area contributed by atoms with E-state index in [9.17, 15) is 0 Å². The van der Waals surface area contributed by atoms with Crippen LogP contribution in [0.1, 0.15) is 27.2 Å². The first kappa shape index (κ1) is 21.3. The second-order valence-electron chi connectivity index (χ2n) is 8.57. The molecule has 0 aliphatic heterocycles. The molecule has 3 aromatic rings. The zero-order valence-corrected chi connectivity index (χ0v) is 20.5. The van der Waals surface area contributed by atoms with Crippen molar-refractivity contribution in [3.63, 3.8) is 0 Å². The zero-order chi connectivity index (χ0) is 20.4. The van der Waals surface area contributed by atoms with Crippen LogP contribution in [-0.4, -0.2) is 30.9 Å². The van der Waals surface area contributed by atoms with Crippen molar-refractivity contribution < 1.29 is 9.16 Å². The number of pyridine rings is 1. The number of imidazole rings is 1. The molecular weight excluding hydrogens is 479 g/mol. The van der Waals surface area contributed by atoms with Gasteiger partial charge in [0.1, 0.15) is 11.4 Å². The Morgan fingerprint density at radius 2 is 1.71 bits per heavy atom. The summed E-state index contributed by atoms with van der Waals surface area (Å²) < 4.78 is 15.3. The van der Waals surface area contributed by atoms with E-state index in [0.717, 1.165) is 35.7 Å². The number of halogens is 1. The Hall–Kier alpha value is -1.38. The predicted octanol–water partition coefficient (Wildman–Crippen LogP) is 6.40. The molecule has 4 nitrogen and oxygen atoms in total. The maximum Gasteiger partial charge on any atom is 0.191 e. The lowest BCUT2D eigenvalue weighted by Gasteiger charge is -2.36. The highest BCUT2D eigenvalue weighted by Crippen LogP contribution is 2.36. The van der Waals surface area contributed by atoms with Gasteiger partial charge < -0.3 is 13.6 Å². The van der Waals surface area contributed by atoms with Gasteiger partial charge in [-0.1, -0.05) is 20.8 Å². The van der Waals surface area contributed by atoms with Crippen LogP contribution in [0.15, 0.2) is 48.8 Å². The molecule has 0 atom stereocenters. The van der Waals surface area contributed by atoms with Gasteiger partial charge in [-0.05, 0) is 77.1 Å². The molecule has 0 fully saturated rings. The minimum Gasteiger partial charge on any atom is -0.494 e. The molecule has 1 aromatic carbocycles. The van der Waals surface area contributed by atoms with Crippen LogP contribution in [0.2, 0.25) is 18.1 Å². The first-order valence-electron chi connectivity index (χ1n) is 9.67. The third kappa shape index (κ3) is 5.15.